The summed E-state index contributed by atoms with van der Waals surface area (Å²) in [6.07, 6.45) is 1.26. The van der Waals surface area contributed by atoms with Crippen LogP contribution in [0.3, 0.4) is 0 Å². The van der Waals surface area contributed by atoms with Gasteiger partial charge in [0.05, 0.1) is 10.7 Å². The molecule has 88 valence electrons. The monoisotopic (exact) mass is 272 g/mol. The molecule has 2 rings (SSSR count). The molecule has 0 fully saturated rings. The van der Waals surface area contributed by atoms with Crippen LogP contribution in [0.2, 0.25) is 10.2 Å². The summed E-state index contributed by atoms with van der Waals surface area (Å²) >= 11 is 11.6. The van der Waals surface area contributed by atoms with Crippen molar-refractivity contribution in [2.24, 2.45) is 0 Å². The molecule has 7 heteroatoms. The second-order valence-corrected chi connectivity index (χ2v) is 3.94. The first kappa shape index (κ1) is 11.9. The Hall–Kier alpha value is -1.59. The van der Waals surface area contributed by atoms with Gasteiger partial charge in [-0.1, -0.05) is 23.2 Å². The number of nitrogen functional groups attached to an aromatic ring is 1. The summed E-state index contributed by atoms with van der Waals surface area (Å²) in [5.74, 6) is -0.104. The summed E-state index contributed by atoms with van der Waals surface area (Å²) in [5, 5.41) is 3.21. The highest BCUT2D eigenvalue weighted by Crippen LogP contribution is 2.29. The second kappa shape index (κ2) is 4.73. The number of rotatable bonds is 2. The van der Waals surface area contributed by atoms with Gasteiger partial charge in [-0.3, -0.25) is 0 Å². The minimum atomic E-state index is -0.422. The number of nitrogens with zero attached hydrogens (tertiary/aromatic N) is 2. The fourth-order valence-electron chi connectivity index (χ4n) is 1.19. The molecule has 1 heterocycles. The Kier molecular flexibility index (Phi) is 3.31. The lowest BCUT2D eigenvalue weighted by molar-refractivity contribution is 0.628. The van der Waals surface area contributed by atoms with Crippen LogP contribution < -0.4 is 11.1 Å². The molecule has 0 radical (unpaired) electrons. The normalized spacial score (nSPS) is 10.3. The number of hydrogen-bond donors (Lipinski definition) is 2. The van der Waals surface area contributed by atoms with Crippen LogP contribution in [0.5, 0.6) is 0 Å². The Morgan fingerprint density at radius 3 is 2.71 bits per heavy atom. The summed E-state index contributed by atoms with van der Waals surface area (Å²) in [5.41, 5.74) is 6.36. The first-order valence-corrected chi connectivity index (χ1v) is 5.31. The van der Waals surface area contributed by atoms with E-state index in [1.807, 2.05) is 0 Å². The lowest BCUT2D eigenvalue weighted by Gasteiger charge is -2.09. The van der Waals surface area contributed by atoms with Gasteiger partial charge in [0.15, 0.2) is 11.0 Å². The van der Waals surface area contributed by atoms with Crippen molar-refractivity contribution in [3.63, 3.8) is 0 Å². The molecule has 0 saturated carbocycles. The maximum atomic E-state index is 12.8. The number of halogens is 3. The molecule has 0 aliphatic heterocycles. The van der Waals surface area contributed by atoms with Crippen molar-refractivity contribution in [3.8, 4) is 0 Å². The quantitative estimate of drug-likeness (QED) is 0.824. The van der Waals surface area contributed by atoms with Crippen molar-refractivity contribution in [2.75, 3.05) is 11.1 Å². The maximum absolute atomic E-state index is 12.8. The molecule has 0 amide bonds. The summed E-state index contributed by atoms with van der Waals surface area (Å²) in [4.78, 5) is 7.63. The number of nitrogens with one attached hydrogen (secondary N) is 1. The highest BCUT2D eigenvalue weighted by atomic mass is 35.5. The third-order valence-electron chi connectivity index (χ3n) is 2.02. The smallest absolute Gasteiger partial charge is 0.158 e. The van der Waals surface area contributed by atoms with Gasteiger partial charge in [-0.25, -0.2) is 14.4 Å². The number of aromatic nitrogens is 2. The first-order valence-electron chi connectivity index (χ1n) is 4.56. The van der Waals surface area contributed by atoms with E-state index in [4.69, 9.17) is 28.9 Å². The zero-order chi connectivity index (χ0) is 12.4. The fraction of sp³-hybridized carbons (Fsp3) is 0. The molecule has 0 aliphatic carbocycles. The van der Waals surface area contributed by atoms with E-state index in [1.54, 1.807) is 0 Å². The van der Waals surface area contributed by atoms with Gasteiger partial charge < -0.3 is 11.1 Å². The summed E-state index contributed by atoms with van der Waals surface area (Å²) in [6.45, 7) is 0. The minimum Gasteiger partial charge on any atom is -0.393 e. The van der Waals surface area contributed by atoms with Gasteiger partial charge in [-0.05, 0) is 18.2 Å². The molecule has 3 N–H and O–H groups in total. The lowest BCUT2D eigenvalue weighted by Crippen LogP contribution is -2.01. The molecule has 4 nitrogen and oxygen atoms in total. The highest BCUT2D eigenvalue weighted by Gasteiger charge is 2.08. The number of benzene rings is 1. The zero-order valence-electron chi connectivity index (χ0n) is 8.42. The van der Waals surface area contributed by atoms with E-state index >= 15 is 0 Å². The van der Waals surface area contributed by atoms with Crippen LogP contribution in [0.4, 0.5) is 21.6 Å². The van der Waals surface area contributed by atoms with Crippen molar-refractivity contribution in [1.29, 1.82) is 0 Å². The van der Waals surface area contributed by atoms with E-state index in [2.05, 4.69) is 15.3 Å². The Labute approximate surface area is 107 Å². The van der Waals surface area contributed by atoms with E-state index < -0.39 is 5.82 Å². The van der Waals surface area contributed by atoms with Crippen LogP contribution in [0.1, 0.15) is 0 Å². The van der Waals surface area contributed by atoms with Crippen molar-refractivity contribution in [3.05, 3.63) is 40.5 Å². The molecule has 1 aromatic carbocycles. The zero-order valence-corrected chi connectivity index (χ0v) is 9.93. The molecule has 0 saturated heterocycles. The standard InChI is InChI=1S/C10H7Cl2FN4/c11-6-3-5(13)1-2-7(6)17-10-8(14)9(12)15-4-16-10/h1-4H,14H2,(H,15,16,17). The van der Waals surface area contributed by atoms with E-state index in [1.165, 1.54) is 24.5 Å². The van der Waals surface area contributed by atoms with E-state index in [-0.39, 0.29) is 15.9 Å². The molecule has 0 unspecified atom stereocenters. The van der Waals surface area contributed by atoms with E-state index in [9.17, 15) is 4.39 Å². The highest BCUT2D eigenvalue weighted by molar-refractivity contribution is 6.33. The average molecular weight is 273 g/mol. The van der Waals surface area contributed by atoms with Crippen LogP contribution in [-0.4, -0.2) is 9.97 Å². The van der Waals surface area contributed by atoms with Gasteiger partial charge in [0, 0.05) is 0 Å². The third kappa shape index (κ3) is 2.57. The van der Waals surface area contributed by atoms with Crippen molar-refractivity contribution in [2.45, 2.75) is 0 Å². The van der Waals surface area contributed by atoms with Gasteiger partial charge in [-0.15, -0.1) is 0 Å². The first-order chi connectivity index (χ1) is 8.08. The molecule has 17 heavy (non-hydrogen) atoms. The van der Waals surface area contributed by atoms with Crippen molar-refractivity contribution < 1.29 is 4.39 Å². The van der Waals surface area contributed by atoms with E-state index in [0.717, 1.165) is 0 Å². The molecule has 0 bridgehead atoms. The molecule has 1 aromatic heterocycles. The SMILES string of the molecule is Nc1c(Cl)ncnc1Nc1ccc(F)cc1Cl. The predicted octanol–water partition coefficient (Wildman–Crippen LogP) is 3.25. The van der Waals surface area contributed by atoms with Crippen LogP contribution in [-0.2, 0) is 0 Å². The van der Waals surface area contributed by atoms with Crippen molar-refractivity contribution >= 4 is 40.4 Å². The molecule has 0 spiro atoms. The van der Waals surface area contributed by atoms with Gasteiger partial charge in [-0.2, -0.15) is 0 Å². The maximum Gasteiger partial charge on any atom is 0.158 e. The van der Waals surface area contributed by atoms with Crippen molar-refractivity contribution in [1.82, 2.24) is 9.97 Å². The minimum absolute atomic E-state index is 0.140. The molecule has 0 aliphatic rings. The lowest BCUT2D eigenvalue weighted by atomic mass is 10.3. The van der Waals surface area contributed by atoms with E-state index in [0.29, 0.717) is 11.5 Å². The summed E-state index contributed by atoms with van der Waals surface area (Å²) in [7, 11) is 0. The molecular formula is C10H7Cl2FN4. The number of hydrogen-bond acceptors (Lipinski definition) is 4. The topological polar surface area (TPSA) is 63.8 Å². The van der Waals surface area contributed by atoms with Crippen LogP contribution in [0, 0.1) is 5.82 Å². The Morgan fingerprint density at radius 1 is 1.24 bits per heavy atom. The average Bonchev–Trinajstić information content (AvgIpc) is 2.28. The summed E-state index contributed by atoms with van der Waals surface area (Å²) < 4.78 is 12.8. The van der Waals surface area contributed by atoms with Gasteiger partial charge in [0.25, 0.3) is 0 Å². The predicted molar refractivity (Wildman–Crippen MR) is 66.1 cm³/mol. The molecule has 0 atom stereocenters. The largest absolute Gasteiger partial charge is 0.393 e. The molecular weight excluding hydrogens is 266 g/mol. The number of anilines is 3. The van der Waals surface area contributed by atoms with Crippen LogP contribution in [0.25, 0.3) is 0 Å². The number of nitrogens with two attached hydrogens (primary N) is 1. The van der Waals surface area contributed by atoms with Crippen LogP contribution in [0.15, 0.2) is 24.5 Å². The van der Waals surface area contributed by atoms with Gasteiger partial charge >= 0.3 is 0 Å². The Balaban J connectivity index is 2.35. The van der Waals surface area contributed by atoms with Gasteiger partial charge in [0.2, 0.25) is 0 Å². The fourth-order valence-corrected chi connectivity index (χ4v) is 1.54. The third-order valence-corrected chi connectivity index (χ3v) is 2.63. The van der Waals surface area contributed by atoms with Crippen LogP contribution >= 0.6 is 23.2 Å². The van der Waals surface area contributed by atoms with Gasteiger partial charge in [0.1, 0.15) is 17.8 Å². The Morgan fingerprint density at radius 2 is 2.00 bits per heavy atom. The Bertz CT molecular complexity index is 562. The molecule has 2 aromatic rings. The summed E-state index contributed by atoms with van der Waals surface area (Å²) in [6, 6.07) is 3.93. The second-order valence-electron chi connectivity index (χ2n) is 3.18.